The van der Waals surface area contributed by atoms with E-state index >= 15 is 0 Å². The van der Waals surface area contributed by atoms with E-state index in [1.807, 2.05) is 0 Å². The lowest BCUT2D eigenvalue weighted by Crippen LogP contribution is -2.24. The summed E-state index contributed by atoms with van der Waals surface area (Å²) in [4.78, 5) is 7.16. The maximum atomic E-state index is 4.70. The molecule has 102 valence electrons. The third-order valence-electron chi connectivity index (χ3n) is 3.08. The maximum Gasteiger partial charge on any atom is 0.0547 e. The summed E-state index contributed by atoms with van der Waals surface area (Å²) in [5, 5.41) is 3.32. The summed E-state index contributed by atoms with van der Waals surface area (Å²) in [6.07, 6.45) is 2.52. The van der Waals surface area contributed by atoms with E-state index < -0.39 is 0 Å². The van der Waals surface area contributed by atoms with Crippen molar-refractivity contribution in [2.24, 2.45) is 0 Å². The zero-order valence-electron chi connectivity index (χ0n) is 12.1. The molecule has 0 saturated heterocycles. The van der Waals surface area contributed by atoms with Crippen molar-refractivity contribution in [3.63, 3.8) is 0 Å². The molecule has 0 spiro atoms. The highest BCUT2D eigenvalue weighted by molar-refractivity contribution is 5.11. The lowest BCUT2D eigenvalue weighted by atomic mass is 10.2. The molecule has 0 fully saturated rings. The van der Waals surface area contributed by atoms with Crippen LogP contribution in [0.2, 0.25) is 0 Å². The molecule has 1 aromatic heterocycles. The molecule has 1 N–H and O–H groups in total. The first-order valence-electron chi connectivity index (χ1n) is 7.18. The zero-order chi connectivity index (χ0) is 13.2. The summed E-state index contributed by atoms with van der Waals surface area (Å²) < 4.78 is 0. The van der Waals surface area contributed by atoms with Crippen LogP contribution in [-0.2, 0) is 13.1 Å². The van der Waals surface area contributed by atoms with Crippen LogP contribution in [0.25, 0.3) is 0 Å². The van der Waals surface area contributed by atoms with Crippen LogP contribution < -0.4 is 5.32 Å². The van der Waals surface area contributed by atoms with Gasteiger partial charge in [0.2, 0.25) is 0 Å². The lowest BCUT2D eigenvalue weighted by Gasteiger charge is -2.19. The molecule has 3 nitrogen and oxygen atoms in total. The monoisotopic (exact) mass is 249 g/mol. The molecule has 0 bridgehead atoms. The first kappa shape index (κ1) is 15.1. The Labute approximate surface area is 112 Å². The number of rotatable bonds is 9. The predicted molar refractivity (Wildman–Crippen MR) is 77.5 cm³/mol. The van der Waals surface area contributed by atoms with Gasteiger partial charge >= 0.3 is 0 Å². The number of hydrogen-bond donors (Lipinski definition) is 1. The first-order chi connectivity index (χ1) is 8.80. The van der Waals surface area contributed by atoms with Crippen molar-refractivity contribution in [3.05, 3.63) is 29.6 Å². The molecule has 0 aliphatic carbocycles. The lowest BCUT2D eigenvalue weighted by molar-refractivity contribution is 0.272. The summed E-state index contributed by atoms with van der Waals surface area (Å²) in [6.45, 7) is 11.7. The fraction of sp³-hybridized carbons (Fsp3) is 0.667. The van der Waals surface area contributed by atoms with E-state index in [2.05, 4.69) is 49.2 Å². The van der Waals surface area contributed by atoms with E-state index in [1.165, 1.54) is 25.1 Å². The number of nitrogens with zero attached hydrogens (tertiary/aromatic N) is 2. The Morgan fingerprint density at radius 3 is 2.61 bits per heavy atom. The fourth-order valence-corrected chi connectivity index (χ4v) is 1.93. The summed E-state index contributed by atoms with van der Waals surface area (Å²) in [7, 11) is 0. The van der Waals surface area contributed by atoms with Gasteiger partial charge in [-0.1, -0.05) is 33.3 Å². The van der Waals surface area contributed by atoms with Gasteiger partial charge in [0.1, 0.15) is 0 Å². The van der Waals surface area contributed by atoms with Gasteiger partial charge in [-0.3, -0.25) is 9.88 Å². The van der Waals surface area contributed by atoms with Crippen molar-refractivity contribution in [1.29, 1.82) is 0 Å². The predicted octanol–water partition coefficient (Wildman–Crippen LogP) is 2.81. The Morgan fingerprint density at radius 1 is 1.17 bits per heavy atom. The third kappa shape index (κ3) is 5.61. The van der Waals surface area contributed by atoms with Gasteiger partial charge in [0.25, 0.3) is 0 Å². The second-order valence-corrected chi connectivity index (χ2v) is 4.62. The first-order valence-corrected chi connectivity index (χ1v) is 7.18. The van der Waals surface area contributed by atoms with E-state index in [9.17, 15) is 0 Å². The van der Waals surface area contributed by atoms with Crippen LogP contribution in [0.1, 0.15) is 45.0 Å². The molecule has 1 rings (SSSR count). The van der Waals surface area contributed by atoms with Crippen LogP contribution in [0.5, 0.6) is 0 Å². The van der Waals surface area contributed by atoms with E-state index in [4.69, 9.17) is 4.98 Å². The highest BCUT2D eigenvalue weighted by Crippen LogP contribution is 2.05. The van der Waals surface area contributed by atoms with Gasteiger partial charge in [0, 0.05) is 13.1 Å². The average Bonchev–Trinajstić information content (AvgIpc) is 2.41. The van der Waals surface area contributed by atoms with Crippen LogP contribution in [0.4, 0.5) is 0 Å². The summed E-state index contributed by atoms with van der Waals surface area (Å²) in [5.41, 5.74) is 2.32. The SMILES string of the molecule is CCCCN(CC)Cc1cccc(CNCC)n1. The number of nitrogens with one attached hydrogen (secondary N) is 1. The quantitative estimate of drug-likeness (QED) is 0.729. The van der Waals surface area contributed by atoms with Crippen molar-refractivity contribution in [2.75, 3.05) is 19.6 Å². The van der Waals surface area contributed by atoms with Crippen molar-refractivity contribution < 1.29 is 0 Å². The molecule has 0 saturated carbocycles. The molecule has 1 aromatic rings. The smallest absolute Gasteiger partial charge is 0.0547 e. The van der Waals surface area contributed by atoms with Crippen molar-refractivity contribution in [1.82, 2.24) is 15.2 Å². The van der Waals surface area contributed by atoms with Gasteiger partial charge < -0.3 is 5.32 Å². The highest BCUT2D eigenvalue weighted by Gasteiger charge is 2.04. The Hall–Kier alpha value is -0.930. The number of hydrogen-bond acceptors (Lipinski definition) is 3. The molecule has 0 aliphatic rings. The molecule has 0 unspecified atom stereocenters. The molecule has 0 aromatic carbocycles. The second kappa shape index (κ2) is 9.06. The van der Waals surface area contributed by atoms with Crippen molar-refractivity contribution in [2.45, 2.75) is 46.7 Å². The molecule has 0 amide bonds. The Kier molecular flexibility index (Phi) is 7.62. The minimum atomic E-state index is 0.866. The van der Waals surface area contributed by atoms with Crippen LogP contribution in [0, 0.1) is 0 Å². The van der Waals surface area contributed by atoms with Crippen LogP contribution in [0.15, 0.2) is 18.2 Å². The van der Waals surface area contributed by atoms with Gasteiger partial charge in [-0.15, -0.1) is 0 Å². The topological polar surface area (TPSA) is 28.2 Å². The normalized spacial score (nSPS) is 11.1. The van der Waals surface area contributed by atoms with Crippen LogP contribution in [0.3, 0.4) is 0 Å². The molecule has 18 heavy (non-hydrogen) atoms. The van der Waals surface area contributed by atoms with Gasteiger partial charge in [-0.25, -0.2) is 0 Å². The molecular formula is C15H27N3. The summed E-state index contributed by atoms with van der Waals surface area (Å²) >= 11 is 0. The second-order valence-electron chi connectivity index (χ2n) is 4.62. The zero-order valence-corrected chi connectivity index (χ0v) is 12.1. The maximum absolute atomic E-state index is 4.70. The van der Waals surface area contributed by atoms with E-state index in [0.29, 0.717) is 0 Å². The Morgan fingerprint density at radius 2 is 1.94 bits per heavy atom. The molecule has 1 heterocycles. The molecular weight excluding hydrogens is 222 g/mol. The van der Waals surface area contributed by atoms with Crippen molar-refractivity contribution in [3.8, 4) is 0 Å². The number of aromatic nitrogens is 1. The van der Waals surface area contributed by atoms with Gasteiger partial charge in [-0.05, 0) is 38.2 Å². The van der Waals surface area contributed by atoms with Gasteiger partial charge in [-0.2, -0.15) is 0 Å². The largest absolute Gasteiger partial charge is 0.311 e. The Bertz CT molecular complexity index is 325. The van der Waals surface area contributed by atoms with E-state index in [1.54, 1.807) is 0 Å². The van der Waals surface area contributed by atoms with E-state index in [-0.39, 0.29) is 0 Å². The minimum Gasteiger partial charge on any atom is -0.311 e. The number of unbranched alkanes of at least 4 members (excludes halogenated alkanes) is 1. The summed E-state index contributed by atoms with van der Waals surface area (Å²) in [6, 6.07) is 6.33. The van der Waals surface area contributed by atoms with Crippen molar-refractivity contribution >= 4 is 0 Å². The van der Waals surface area contributed by atoms with E-state index in [0.717, 1.165) is 31.9 Å². The fourth-order valence-electron chi connectivity index (χ4n) is 1.93. The average molecular weight is 249 g/mol. The standard InChI is InChI=1S/C15H27N3/c1-4-7-11-18(6-3)13-15-10-8-9-14(17-15)12-16-5-2/h8-10,16H,4-7,11-13H2,1-3H3. The van der Waals surface area contributed by atoms with Crippen LogP contribution >= 0.6 is 0 Å². The van der Waals surface area contributed by atoms with Gasteiger partial charge in [0.05, 0.1) is 11.4 Å². The molecule has 0 aliphatic heterocycles. The Balaban J connectivity index is 2.53. The molecule has 0 atom stereocenters. The molecule has 3 heteroatoms. The highest BCUT2D eigenvalue weighted by atomic mass is 15.1. The molecule has 0 radical (unpaired) electrons. The minimum absolute atomic E-state index is 0.866. The summed E-state index contributed by atoms with van der Waals surface area (Å²) in [5.74, 6) is 0. The third-order valence-corrected chi connectivity index (χ3v) is 3.08. The van der Waals surface area contributed by atoms with Gasteiger partial charge in [0.15, 0.2) is 0 Å². The van der Waals surface area contributed by atoms with Crippen LogP contribution in [-0.4, -0.2) is 29.5 Å². The number of pyridine rings is 1.